The highest BCUT2D eigenvalue weighted by Gasteiger charge is 2.11. The summed E-state index contributed by atoms with van der Waals surface area (Å²) in [5.41, 5.74) is 4.92. The fourth-order valence-corrected chi connectivity index (χ4v) is 1.09. The van der Waals surface area contributed by atoms with E-state index in [1.165, 1.54) is 25.3 Å². The van der Waals surface area contributed by atoms with Crippen molar-refractivity contribution in [2.45, 2.75) is 0 Å². The van der Waals surface area contributed by atoms with Crippen LogP contribution in [0.1, 0.15) is 10.4 Å². The third-order valence-corrected chi connectivity index (χ3v) is 1.78. The summed E-state index contributed by atoms with van der Waals surface area (Å²) in [4.78, 5) is 21.2. The molecule has 3 N–H and O–H groups in total. The molecule has 16 heavy (non-hydrogen) atoms. The molecule has 1 rings (SSSR count). The molecule has 0 aromatic heterocycles. The van der Waals surface area contributed by atoms with Crippen molar-refractivity contribution in [3.63, 3.8) is 0 Å². The summed E-state index contributed by atoms with van der Waals surface area (Å²) < 4.78 is 9.87. The molecule has 6 nitrogen and oxygen atoms in total. The Bertz CT molecular complexity index is 416. The molecule has 0 fully saturated rings. The highest BCUT2D eigenvalue weighted by Crippen LogP contribution is 2.24. The Morgan fingerprint density at radius 3 is 2.62 bits per heavy atom. The quantitative estimate of drug-likeness (QED) is 0.748. The molecule has 1 aromatic carbocycles. The molecular weight excluding hydrogens is 214 g/mol. The Hall–Kier alpha value is -2.24. The van der Waals surface area contributed by atoms with Crippen LogP contribution in [0.25, 0.3) is 0 Å². The van der Waals surface area contributed by atoms with Crippen LogP contribution in [0.5, 0.6) is 11.5 Å². The maximum atomic E-state index is 10.8. The van der Waals surface area contributed by atoms with Crippen LogP contribution in [-0.2, 0) is 4.79 Å². The minimum atomic E-state index is -1.10. The second-order valence-electron chi connectivity index (χ2n) is 2.92. The number of aromatic carboxylic acids is 1. The molecule has 0 aliphatic rings. The normalized spacial score (nSPS) is 9.56. The van der Waals surface area contributed by atoms with Crippen molar-refractivity contribution >= 4 is 11.9 Å². The number of primary amides is 1. The van der Waals surface area contributed by atoms with Gasteiger partial charge in [-0.2, -0.15) is 0 Å². The minimum Gasteiger partial charge on any atom is -0.496 e. The zero-order chi connectivity index (χ0) is 12.1. The number of carboxylic acids is 1. The predicted molar refractivity (Wildman–Crippen MR) is 54.6 cm³/mol. The summed E-state index contributed by atoms with van der Waals surface area (Å²) >= 11 is 0. The van der Waals surface area contributed by atoms with Gasteiger partial charge in [0.15, 0.2) is 6.61 Å². The smallest absolute Gasteiger partial charge is 0.339 e. The minimum absolute atomic E-state index is 0.0222. The third kappa shape index (κ3) is 2.88. The first-order valence-electron chi connectivity index (χ1n) is 4.37. The van der Waals surface area contributed by atoms with Crippen LogP contribution in [0.15, 0.2) is 18.2 Å². The number of carboxylic acid groups (broad SMARTS) is 1. The molecule has 1 amide bonds. The largest absolute Gasteiger partial charge is 0.496 e. The van der Waals surface area contributed by atoms with Gasteiger partial charge in [-0.05, 0) is 12.1 Å². The van der Waals surface area contributed by atoms with Gasteiger partial charge in [-0.15, -0.1) is 0 Å². The molecule has 0 heterocycles. The van der Waals surface area contributed by atoms with Crippen LogP contribution in [0, 0.1) is 0 Å². The van der Waals surface area contributed by atoms with Crippen LogP contribution >= 0.6 is 0 Å². The second kappa shape index (κ2) is 5.01. The summed E-state index contributed by atoms with van der Waals surface area (Å²) in [5.74, 6) is -1.23. The topological polar surface area (TPSA) is 98.9 Å². The number of carbonyl (C=O) groups is 2. The van der Waals surface area contributed by atoms with E-state index in [0.29, 0.717) is 5.75 Å². The molecule has 0 aliphatic heterocycles. The highest BCUT2D eigenvalue weighted by molar-refractivity contribution is 5.91. The Morgan fingerprint density at radius 1 is 1.44 bits per heavy atom. The van der Waals surface area contributed by atoms with E-state index < -0.39 is 11.9 Å². The number of hydrogen-bond donors (Lipinski definition) is 2. The molecule has 0 saturated heterocycles. The SMILES string of the molecule is COc1cc(OCC(N)=O)ccc1C(=O)O. The van der Waals surface area contributed by atoms with E-state index in [2.05, 4.69) is 0 Å². The molecular formula is C10H11NO5. The fraction of sp³-hybridized carbons (Fsp3) is 0.200. The van der Waals surface area contributed by atoms with Gasteiger partial charge in [0, 0.05) is 6.07 Å². The van der Waals surface area contributed by atoms with Gasteiger partial charge >= 0.3 is 5.97 Å². The van der Waals surface area contributed by atoms with Crippen LogP contribution in [0.3, 0.4) is 0 Å². The number of rotatable bonds is 5. The number of methoxy groups -OCH3 is 1. The number of ether oxygens (including phenoxy) is 2. The summed E-state index contributed by atoms with van der Waals surface area (Å²) in [6.45, 7) is -0.268. The zero-order valence-corrected chi connectivity index (χ0v) is 8.60. The Labute approximate surface area is 91.6 Å². The zero-order valence-electron chi connectivity index (χ0n) is 8.60. The maximum Gasteiger partial charge on any atom is 0.339 e. The third-order valence-electron chi connectivity index (χ3n) is 1.78. The van der Waals surface area contributed by atoms with Gasteiger partial charge in [0.2, 0.25) is 0 Å². The lowest BCUT2D eigenvalue weighted by atomic mass is 10.2. The van der Waals surface area contributed by atoms with Crippen LogP contribution in [0.2, 0.25) is 0 Å². The molecule has 0 unspecified atom stereocenters. The predicted octanol–water partition coefficient (Wildman–Crippen LogP) is 0.257. The number of benzene rings is 1. The van der Waals surface area contributed by atoms with Gasteiger partial charge in [0.1, 0.15) is 17.1 Å². The molecule has 0 aliphatic carbocycles. The first-order chi connectivity index (χ1) is 7.54. The standard InChI is InChI=1S/C10H11NO5/c1-15-8-4-6(16-5-9(11)12)2-3-7(8)10(13)14/h2-4H,5H2,1H3,(H2,11,12)(H,13,14). The first kappa shape index (κ1) is 11.8. The lowest BCUT2D eigenvalue weighted by molar-refractivity contribution is -0.119. The van der Waals surface area contributed by atoms with Crippen molar-refractivity contribution in [3.05, 3.63) is 23.8 Å². The average Bonchev–Trinajstić information content (AvgIpc) is 2.25. The van der Waals surface area contributed by atoms with Crippen molar-refractivity contribution < 1.29 is 24.2 Å². The van der Waals surface area contributed by atoms with Gasteiger partial charge in [-0.25, -0.2) is 4.79 Å². The summed E-state index contributed by atoms with van der Waals surface area (Å²) in [6, 6.07) is 4.14. The summed E-state index contributed by atoms with van der Waals surface area (Å²) in [5, 5.41) is 8.81. The molecule has 0 radical (unpaired) electrons. The first-order valence-corrected chi connectivity index (χ1v) is 4.37. The Morgan fingerprint density at radius 2 is 2.12 bits per heavy atom. The van der Waals surface area contributed by atoms with E-state index in [1.54, 1.807) is 0 Å². The number of nitrogens with two attached hydrogens (primary N) is 1. The molecule has 86 valence electrons. The van der Waals surface area contributed by atoms with Crippen molar-refractivity contribution in [1.29, 1.82) is 0 Å². The monoisotopic (exact) mass is 225 g/mol. The van der Waals surface area contributed by atoms with E-state index >= 15 is 0 Å². The van der Waals surface area contributed by atoms with Crippen LogP contribution < -0.4 is 15.2 Å². The fourth-order valence-electron chi connectivity index (χ4n) is 1.09. The molecule has 6 heteroatoms. The molecule has 0 spiro atoms. The highest BCUT2D eigenvalue weighted by atomic mass is 16.5. The van der Waals surface area contributed by atoms with E-state index in [0.717, 1.165) is 0 Å². The van der Waals surface area contributed by atoms with Crippen LogP contribution in [0.4, 0.5) is 0 Å². The number of amides is 1. The van der Waals surface area contributed by atoms with Crippen molar-refractivity contribution in [2.75, 3.05) is 13.7 Å². The molecule has 0 saturated carbocycles. The van der Waals surface area contributed by atoms with Crippen molar-refractivity contribution in [3.8, 4) is 11.5 Å². The molecule has 1 aromatic rings. The Balaban J connectivity index is 2.90. The van der Waals surface area contributed by atoms with Gasteiger partial charge in [0.25, 0.3) is 5.91 Å². The lowest BCUT2D eigenvalue weighted by Gasteiger charge is -2.08. The molecule has 0 atom stereocenters. The molecule has 0 bridgehead atoms. The van der Waals surface area contributed by atoms with E-state index in [4.69, 9.17) is 20.3 Å². The van der Waals surface area contributed by atoms with Gasteiger partial charge in [-0.3, -0.25) is 4.79 Å². The van der Waals surface area contributed by atoms with E-state index in [-0.39, 0.29) is 17.9 Å². The summed E-state index contributed by atoms with van der Waals surface area (Å²) in [6.07, 6.45) is 0. The van der Waals surface area contributed by atoms with Crippen molar-refractivity contribution in [2.24, 2.45) is 5.73 Å². The summed E-state index contributed by atoms with van der Waals surface area (Å²) in [7, 11) is 1.35. The average molecular weight is 225 g/mol. The van der Waals surface area contributed by atoms with Gasteiger partial charge in [0.05, 0.1) is 7.11 Å². The lowest BCUT2D eigenvalue weighted by Crippen LogP contribution is -2.20. The number of hydrogen-bond acceptors (Lipinski definition) is 4. The number of carbonyl (C=O) groups excluding carboxylic acids is 1. The Kier molecular flexibility index (Phi) is 3.71. The van der Waals surface area contributed by atoms with E-state index in [1.807, 2.05) is 0 Å². The van der Waals surface area contributed by atoms with Crippen LogP contribution in [-0.4, -0.2) is 30.7 Å². The maximum absolute atomic E-state index is 10.8. The van der Waals surface area contributed by atoms with E-state index in [9.17, 15) is 9.59 Å². The van der Waals surface area contributed by atoms with Gasteiger partial charge < -0.3 is 20.3 Å². The second-order valence-corrected chi connectivity index (χ2v) is 2.92. The van der Waals surface area contributed by atoms with Gasteiger partial charge in [-0.1, -0.05) is 0 Å². The van der Waals surface area contributed by atoms with Crippen molar-refractivity contribution in [1.82, 2.24) is 0 Å².